The highest BCUT2D eigenvalue weighted by molar-refractivity contribution is 6.03. The van der Waals surface area contributed by atoms with Gasteiger partial charge in [-0.05, 0) is 24.3 Å². The summed E-state index contributed by atoms with van der Waals surface area (Å²) in [6.45, 7) is 0.706. The van der Waals surface area contributed by atoms with E-state index in [4.69, 9.17) is 14.2 Å². The molecule has 6 nitrogen and oxygen atoms in total. The Morgan fingerprint density at radius 3 is 2.60 bits per heavy atom. The van der Waals surface area contributed by atoms with Crippen LogP contribution in [0.15, 0.2) is 36.4 Å². The number of para-hydroxylation sites is 1. The van der Waals surface area contributed by atoms with Crippen molar-refractivity contribution in [1.82, 2.24) is 0 Å². The monoisotopic (exact) mass is 342 g/mol. The zero-order chi connectivity index (χ0) is 17.8. The van der Waals surface area contributed by atoms with E-state index in [-0.39, 0.29) is 41.5 Å². The second-order valence-corrected chi connectivity index (χ2v) is 5.57. The molecule has 2 aromatic rings. The van der Waals surface area contributed by atoms with Crippen molar-refractivity contribution < 1.29 is 28.9 Å². The molecule has 0 radical (unpaired) electrons. The summed E-state index contributed by atoms with van der Waals surface area (Å²) in [5.74, 6) is 0.496. The summed E-state index contributed by atoms with van der Waals surface area (Å²) < 4.78 is 15.9. The third-order valence-electron chi connectivity index (χ3n) is 3.93. The molecule has 0 fully saturated rings. The average molecular weight is 342 g/mol. The topological polar surface area (TPSA) is 82.1 Å². The lowest BCUT2D eigenvalue weighted by atomic mass is 10.0. The molecule has 0 atom stereocenters. The highest BCUT2D eigenvalue weighted by atomic mass is 16.6. The van der Waals surface area contributed by atoms with Gasteiger partial charge in [0.05, 0.1) is 12.7 Å². The van der Waals surface area contributed by atoms with Crippen molar-refractivity contribution in [1.29, 1.82) is 0 Å². The summed E-state index contributed by atoms with van der Waals surface area (Å²) in [4.78, 5) is 24.7. The molecule has 0 aliphatic carbocycles. The molecule has 6 heteroatoms. The van der Waals surface area contributed by atoms with Crippen molar-refractivity contribution in [3.05, 3.63) is 47.5 Å². The Bertz CT molecular complexity index is 812. The van der Waals surface area contributed by atoms with Crippen molar-refractivity contribution >= 4 is 11.6 Å². The molecule has 1 aliphatic rings. The first-order valence-corrected chi connectivity index (χ1v) is 7.92. The molecule has 0 spiro atoms. The molecule has 130 valence electrons. The van der Waals surface area contributed by atoms with E-state index in [1.54, 1.807) is 24.3 Å². The standard InChI is InChI=1S/C19H18O6/c1-23-17-5-3-2-4-13(17)15(21)7-6-14(20)12-10-16(22)19-18(11-12)24-8-9-25-19/h2-5,10-11,22H,6-9H2,1H3. The number of aromatic hydroxyl groups is 1. The number of fused-ring (bicyclic) bond motifs is 1. The predicted octanol–water partition coefficient (Wildman–Crippen LogP) is 3.02. The van der Waals surface area contributed by atoms with Crippen LogP contribution in [0.25, 0.3) is 0 Å². The molecule has 1 aliphatic heterocycles. The summed E-state index contributed by atoms with van der Waals surface area (Å²) in [6.07, 6.45) is 0.0738. The number of carbonyl (C=O) groups excluding carboxylic acids is 2. The van der Waals surface area contributed by atoms with E-state index in [0.29, 0.717) is 30.3 Å². The van der Waals surface area contributed by atoms with Gasteiger partial charge in [0.1, 0.15) is 19.0 Å². The Balaban J connectivity index is 1.70. The number of benzene rings is 2. The van der Waals surface area contributed by atoms with E-state index in [1.165, 1.54) is 19.2 Å². The minimum atomic E-state index is -0.254. The van der Waals surface area contributed by atoms with Crippen molar-refractivity contribution in [3.63, 3.8) is 0 Å². The lowest BCUT2D eigenvalue weighted by molar-refractivity contribution is 0.0915. The number of hydrogen-bond donors (Lipinski definition) is 1. The molecule has 3 rings (SSSR count). The van der Waals surface area contributed by atoms with E-state index in [9.17, 15) is 14.7 Å². The van der Waals surface area contributed by atoms with Crippen LogP contribution in [0, 0.1) is 0 Å². The molecule has 2 aromatic carbocycles. The number of rotatable bonds is 6. The number of carbonyl (C=O) groups is 2. The third kappa shape index (κ3) is 3.57. The Labute approximate surface area is 144 Å². The molecule has 1 N–H and O–H groups in total. The number of Topliss-reactive ketones (excluding diaryl/α,β-unsaturated/α-hetero) is 2. The molecule has 25 heavy (non-hydrogen) atoms. The summed E-state index contributed by atoms with van der Waals surface area (Å²) >= 11 is 0. The Kier molecular flexibility index (Phi) is 4.88. The van der Waals surface area contributed by atoms with E-state index in [0.717, 1.165) is 0 Å². The van der Waals surface area contributed by atoms with Crippen molar-refractivity contribution in [3.8, 4) is 23.0 Å². The molecule has 0 bridgehead atoms. The van der Waals surface area contributed by atoms with Gasteiger partial charge < -0.3 is 19.3 Å². The number of phenolic OH excluding ortho intramolecular Hbond substituents is 1. The minimum absolute atomic E-state index is 0.0238. The van der Waals surface area contributed by atoms with Crippen LogP contribution in [-0.2, 0) is 0 Å². The number of methoxy groups -OCH3 is 1. The fraction of sp³-hybridized carbons (Fsp3) is 0.263. The van der Waals surface area contributed by atoms with Gasteiger partial charge in [-0.2, -0.15) is 0 Å². The van der Waals surface area contributed by atoms with Crippen molar-refractivity contribution in [2.24, 2.45) is 0 Å². The van der Waals surface area contributed by atoms with E-state index in [2.05, 4.69) is 0 Å². The molecular weight excluding hydrogens is 324 g/mol. The Morgan fingerprint density at radius 2 is 1.80 bits per heavy atom. The zero-order valence-corrected chi connectivity index (χ0v) is 13.8. The van der Waals surface area contributed by atoms with Crippen LogP contribution in [-0.4, -0.2) is 37.0 Å². The Hall–Kier alpha value is -3.02. The molecular formula is C19H18O6. The van der Waals surface area contributed by atoms with Gasteiger partial charge in [0.25, 0.3) is 0 Å². The molecule has 0 amide bonds. The third-order valence-corrected chi connectivity index (χ3v) is 3.93. The van der Waals surface area contributed by atoms with Crippen LogP contribution in [0.2, 0.25) is 0 Å². The van der Waals surface area contributed by atoms with Gasteiger partial charge in [0.2, 0.25) is 5.75 Å². The second-order valence-electron chi connectivity index (χ2n) is 5.57. The normalized spacial score (nSPS) is 12.5. The maximum absolute atomic E-state index is 12.4. The SMILES string of the molecule is COc1ccccc1C(=O)CCC(=O)c1cc(O)c2c(c1)OCCO2. The van der Waals surface area contributed by atoms with Gasteiger partial charge >= 0.3 is 0 Å². The zero-order valence-electron chi connectivity index (χ0n) is 13.8. The van der Waals surface area contributed by atoms with Gasteiger partial charge in [-0.25, -0.2) is 0 Å². The van der Waals surface area contributed by atoms with Gasteiger partial charge in [-0.1, -0.05) is 12.1 Å². The van der Waals surface area contributed by atoms with Crippen LogP contribution in [0.1, 0.15) is 33.6 Å². The highest BCUT2D eigenvalue weighted by Gasteiger charge is 2.21. The summed E-state index contributed by atoms with van der Waals surface area (Å²) in [5.41, 5.74) is 0.734. The average Bonchev–Trinajstić information content (AvgIpc) is 2.65. The number of ether oxygens (including phenoxy) is 3. The molecule has 0 aromatic heterocycles. The van der Waals surface area contributed by atoms with Gasteiger partial charge in [-0.15, -0.1) is 0 Å². The maximum atomic E-state index is 12.4. The first-order chi connectivity index (χ1) is 12.1. The Morgan fingerprint density at radius 1 is 1.08 bits per heavy atom. The first-order valence-electron chi connectivity index (χ1n) is 7.92. The van der Waals surface area contributed by atoms with Crippen molar-refractivity contribution in [2.45, 2.75) is 12.8 Å². The summed E-state index contributed by atoms with van der Waals surface area (Å²) in [7, 11) is 1.50. The lowest BCUT2D eigenvalue weighted by Crippen LogP contribution is -2.16. The van der Waals surface area contributed by atoms with Gasteiger partial charge in [0, 0.05) is 18.4 Å². The number of ketones is 2. The molecule has 0 saturated carbocycles. The van der Waals surface area contributed by atoms with Crippen LogP contribution < -0.4 is 14.2 Å². The van der Waals surface area contributed by atoms with Crippen LogP contribution in [0.4, 0.5) is 0 Å². The summed E-state index contributed by atoms with van der Waals surface area (Å²) in [6, 6.07) is 9.76. The highest BCUT2D eigenvalue weighted by Crippen LogP contribution is 2.40. The maximum Gasteiger partial charge on any atom is 0.203 e. The quantitative estimate of drug-likeness (QED) is 0.813. The largest absolute Gasteiger partial charge is 0.504 e. The first kappa shape index (κ1) is 16.8. The van der Waals surface area contributed by atoms with Crippen LogP contribution >= 0.6 is 0 Å². The van der Waals surface area contributed by atoms with Gasteiger partial charge in [0.15, 0.2) is 23.1 Å². The second kappa shape index (κ2) is 7.25. The fourth-order valence-electron chi connectivity index (χ4n) is 2.68. The molecule has 0 saturated heterocycles. The number of hydrogen-bond acceptors (Lipinski definition) is 6. The minimum Gasteiger partial charge on any atom is -0.504 e. The smallest absolute Gasteiger partial charge is 0.203 e. The van der Waals surface area contributed by atoms with E-state index < -0.39 is 0 Å². The van der Waals surface area contributed by atoms with E-state index >= 15 is 0 Å². The predicted molar refractivity (Wildman–Crippen MR) is 90.0 cm³/mol. The van der Waals surface area contributed by atoms with E-state index in [1.807, 2.05) is 0 Å². The molecule has 0 unspecified atom stereocenters. The lowest BCUT2D eigenvalue weighted by Gasteiger charge is -2.19. The summed E-state index contributed by atoms with van der Waals surface area (Å²) in [5, 5.41) is 9.97. The van der Waals surface area contributed by atoms with Gasteiger partial charge in [-0.3, -0.25) is 9.59 Å². The number of phenols is 1. The van der Waals surface area contributed by atoms with Crippen LogP contribution in [0.5, 0.6) is 23.0 Å². The van der Waals surface area contributed by atoms with Crippen molar-refractivity contribution in [2.75, 3.05) is 20.3 Å². The van der Waals surface area contributed by atoms with Crippen LogP contribution in [0.3, 0.4) is 0 Å². The molecule has 1 heterocycles. The fourth-order valence-corrected chi connectivity index (χ4v) is 2.68.